The standard InChI is InChI=1S/C23H24F3N7O2/c1-14-19(27-2)20-18(31-21(14)34)9-15(10-29-20)12-32-5-7-33(8-6-32)16-3-4-17(28-11-16)22(35)30-13-23(24,25)26/h3-4,9-11H,2,5-8,12-13H2,1H3,(H,30,35)(H,31,34). The third kappa shape index (κ3) is 5.65. The summed E-state index contributed by atoms with van der Waals surface area (Å²) >= 11 is 0. The third-order valence-electron chi connectivity index (χ3n) is 5.84. The molecule has 1 aliphatic rings. The third-order valence-corrected chi connectivity index (χ3v) is 5.84. The number of piperazine rings is 1. The predicted molar refractivity (Wildman–Crippen MR) is 126 cm³/mol. The van der Waals surface area contributed by atoms with E-state index in [9.17, 15) is 22.8 Å². The number of H-pyrrole nitrogens is 1. The molecule has 12 heteroatoms. The van der Waals surface area contributed by atoms with Crippen LogP contribution in [-0.2, 0) is 6.54 Å². The summed E-state index contributed by atoms with van der Waals surface area (Å²) in [6.07, 6.45) is -1.21. The van der Waals surface area contributed by atoms with Crippen LogP contribution in [0.3, 0.4) is 0 Å². The van der Waals surface area contributed by atoms with Crippen molar-refractivity contribution in [2.24, 2.45) is 4.99 Å². The number of carbonyl (C=O) groups excluding carboxylic acids is 1. The van der Waals surface area contributed by atoms with Crippen molar-refractivity contribution in [1.29, 1.82) is 0 Å². The number of fused-ring (bicyclic) bond motifs is 1. The summed E-state index contributed by atoms with van der Waals surface area (Å²) in [6.45, 7) is 7.42. The molecule has 0 spiro atoms. The van der Waals surface area contributed by atoms with Crippen LogP contribution >= 0.6 is 0 Å². The average Bonchev–Trinajstić information content (AvgIpc) is 2.83. The van der Waals surface area contributed by atoms with Gasteiger partial charge in [-0.2, -0.15) is 13.2 Å². The number of rotatable bonds is 6. The van der Waals surface area contributed by atoms with Crippen LogP contribution in [0.15, 0.2) is 40.4 Å². The molecule has 9 nitrogen and oxygen atoms in total. The molecule has 3 aromatic heterocycles. The number of aromatic amines is 1. The van der Waals surface area contributed by atoms with Crippen molar-refractivity contribution in [3.63, 3.8) is 0 Å². The Morgan fingerprint density at radius 3 is 2.57 bits per heavy atom. The van der Waals surface area contributed by atoms with E-state index in [1.54, 1.807) is 19.2 Å². The Bertz CT molecular complexity index is 1300. The summed E-state index contributed by atoms with van der Waals surface area (Å²) in [5.74, 6) is -0.866. The lowest BCUT2D eigenvalue weighted by molar-refractivity contribution is -0.123. The number of hydrogen-bond acceptors (Lipinski definition) is 7. The van der Waals surface area contributed by atoms with Gasteiger partial charge in [-0.25, -0.2) is 4.98 Å². The van der Waals surface area contributed by atoms with Crippen molar-refractivity contribution in [2.45, 2.75) is 19.6 Å². The monoisotopic (exact) mass is 487 g/mol. The van der Waals surface area contributed by atoms with Crippen molar-refractivity contribution in [3.05, 3.63) is 57.8 Å². The lowest BCUT2D eigenvalue weighted by Gasteiger charge is -2.36. The number of alkyl halides is 3. The minimum Gasteiger partial charge on any atom is -0.368 e. The van der Waals surface area contributed by atoms with Crippen molar-refractivity contribution >= 4 is 35.0 Å². The van der Waals surface area contributed by atoms with Gasteiger partial charge in [0, 0.05) is 44.5 Å². The van der Waals surface area contributed by atoms with E-state index in [0.29, 0.717) is 41.9 Å². The number of pyridine rings is 3. The molecule has 0 atom stereocenters. The van der Waals surface area contributed by atoms with Crippen LogP contribution in [0.2, 0.25) is 0 Å². The van der Waals surface area contributed by atoms with Gasteiger partial charge in [-0.3, -0.25) is 24.5 Å². The first-order chi connectivity index (χ1) is 16.6. The maximum atomic E-state index is 12.3. The van der Waals surface area contributed by atoms with Crippen molar-refractivity contribution in [2.75, 3.05) is 37.6 Å². The van der Waals surface area contributed by atoms with E-state index in [2.05, 4.69) is 36.5 Å². The predicted octanol–water partition coefficient (Wildman–Crippen LogP) is 2.57. The molecule has 1 amide bonds. The van der Waals surface area contributed by atoms with E-state index < -0.39 is 18.6 Å². The fraction of sp³-hybridized carbons (Fsp3) is 0.348. The smallest absolute Gasteiger partial charge is 0.368 e. The van der Waals surface area contributed by atoms with Crippen LogP contribution in [0.4, 0.5) is 24.5 Å². The van der Waals surface area contributed by atoms with Gasteiger partial charge in [0.05, 0.1) is 23.1 Å². The van der Waals surface area contributed by atoms with Gasteiger partial charge in [-0.15, -0.1) is 0 Å². The molecule has 184 valence electrons. The Labute approximate surface area is 198 Å². The topological polar surface area (TPSA) is 107 Å². The quantitative estimate of drug-likeness (QED) is 0.518. The van der Waals surface area contributed by atoms with E-state index in [1.165, 1.54) is 12.3 Å². The molecule has 35 heavy (non-hydrogen) atoms. The number of nitrogens with one attached hydrogen (secondary N) is 2. The SMILES string of the molecule is C=Nc1c(C)c(=O)[nH]c2cc(CN3CCN(c4ccc(C(=O)NCC(F)(F)F)nc4)CC3)cnc12. The Hall–Kier alpha value is -3.80. The van der Waals surface area contributed by atoms with Crippen molar-refractivity contribution in [1.82, 2.24) is 25.2 Å². The summed E-state index contributed by atoms with van der Waals surface area (Å²) < 4.78 is 36.8. The van der Waals surface area contributed by atoms with Gasteiger partial charge in [-0.1, -0.05) is 0 Å². The molecule has 2 N–H and O–H groups in total. The largest absolute Gasteiger partial charge is 0.405 e. The molecule has 3 aromatic rings. The van der Waals surface area contributed by atoms with E-state index in [0.717, 1.165) is 24.3 Å². The zero-order valence-corrected chi connectivity index (χ0v) is 19.0. The fourth-order valence-electron chi connectivity index (χ4n) is 3.97. The maximum absolute atomic E-state index is 12.3. The van der Waals surface area contributed by atoms with E-state index in [-0.39, 0.29) is 11.3 Å². The number of carbonyl (C=O) groups is 1. The van der Waals surface area contributed by atoms with E-state index in [4.69, 9.17) is 0 Å². The highest BCUT2D eigenvalue weighted by Crippen LogP contribution is 2.25. The van der Waals surface area contributed by atoms with E-state index in [1.807, 2.05) is 11.4 Å². The molecule has 0 unspecified atom stereocenters. The number of hydrogen-bond donors (Lipinski definition) is 2. The van der Waals surface area contributed by atoms with Crippen LogP contribution in [0.1, 0.15) is 21.6 Å². The fourth-order valence-corrected chi connectivity index (χ4v) is 3.97. The Morgan fingerprint density at radius 2 is 1.94 bits per heavy atom. The summed E-state index contributed by atoms with van der Waals surface area (Å²) in [5.41, 5.74) is 3.65. The normalized spacial score (nSPS) is 14.8. The van der Waals surface area contributed by atoms with Gasteiger partial charge in [0.25, 0.3) is 11.5 Å². The number of halogens is 3. The van der Waals surface area contributed by atoms with Gasteiger partial charge < -0.3 is 15.2 Å². The van der Waals surface area contributed by atoms with Gasteiger partial charge in [0.1, 0.15) is 17.8 Å². The lowest BCUT2D eigenvalue weighted by atomic mass is 10.1. The molecule has 0 aliphatic carbocycles. The van der Waals surface area contributed by atoms with Crippen molar-refractivity contribution < 1.29 is 18.0 Å². The highest BCUT2D eigenvalue weighted by Gasteiger charge is 2.28. The summed E-state index contributed by atoms with van der Waals surface area (Å²) in [7, 11) is 0. The molecule has 1 saturated heterocycles. The highest BCUT2D eigenvalue weighted by atomic mass is 19.4. The molecular weight excluding hydrogens is 463 g/mol. The zero-order chi connectivity index (χ0) is 25.2. The summed E-state index contributed by atoms with van der Waals surface area (Å²) in [4.78, 5) is 43.6. The molecule has 1 aliphatic heterocycles. The second-order valence-electron chi connectivity index (χ2n) is 8.29. The van der Waals surface area contributed by atoms with Gasteiger partial charge in [-0.05, 0) is 37.4 Å². The first-order valence-electron chi connectivity index (χ1n) is 10.9. The number of anilines is 1. The molecular formula is C23H24F3N7O2. The van der Waals surface area contributed by atoms with Gasteiger partial charge in [0.2, 0.25) is 0 Å². The van der Waals surface area contributed by atoms with Gasteiger partial charge in [0.15, 0.2) is 0 Å². The number of nitrogens with zero attached hydrogens (tertiary/aromatic N) is 5. The second kappa shape index (κ2) is 9.82. The number of aliphatic imine (C=N–C) groups is 1. The Balaban J connectivity index is 1.35. The molecule has 4 heterocycles. The summed E-state index contributed by atoms with van der Waals surface area (Å²) in [6, 6.07) is 5.00. The van der Waals surface area contributed by atoms with Crippen LogP contribution in [0.5, 0.6) is 0 Å². The molecule has 4 rings (SSSR count). The highest BCUT2D eigenvalue weighted by molar-refractivity contribution is 5.92. The average molecular weight is 487 g/mol. The van der Waals surface area contributed by atoms with Gasteiger partial charge >= 0.3 is 6.18 Å². The minimum atomic E-state index is -4.47. The number of amides is 1. The zero-order valence-electron chi connectivity index (χ0n) is 19.0. The van der Waals surface area contributed by atoms with E-state index >= 15 is 0 Å². The van der Waals surface area contributed by atoms with Crippen LogP contribution in [0, 0.1) is 6.92 Å². The summed E-state index contributed by atoms with van der Waals surface area (Å²) in [5, 5.41) is 1.81. The van der Waals surface area contributed by atoms with Crippen LogP contribution < -0.4 is 15.8 Å². The molecule has 1 fully saturated rings. The first-order valence-corrected chi connectivity index (χ1v) is 10.9. The van der Waals surface area contributed by atoms with Crippen LogP contribution in [0.25, 0.3) is 11.0 Å². The number of aromatic nitrogens is 3. The second-order valence-corrected chi connectivity index (χ2v) is 8.29. The van der Waals surface area contributed by atoms with Crippen LogP contribution in [-0.4, -0.2) is 71.4 Å². The molecule has 0 saturated carbocycles. The molecule has 0 bridgehead atoms. The van der Waals surface area contributed by atoms with Crippen molar-refractivity contribution in [3.8, 4) is 0 Å². The molecule has 0 aromatic carbocycles. The Morgan fingerprint density at radius 1 is 1.20 bits per heavy atom. The minimum absolute atomic E-state index is 0.0662. The maximum Gasteiger partial charge on any atom is 0.405 e. The lowest BCUT2D eigenvalue weighted by Crippen LogP contribution is -2.46. The first kappa shape index (κ1) is 24.3. The Kier molecular flexibility index (Phi) is 6.83. The molecule has 0 radical (unpaired) electrons.